The lowest BCUT2D eigenvalue weighted by molar-refractivity contribution is 0.180. The minimum absolute atomic E-state index is 0.555. The summed E-state index contributed by atoms with van der Waals surface area (Å²) in [6, 6.07) is 2.48. The maximum atomic E-state index is 4.38. The summed E-state index contributed by atoms with van der Waals surface area (Å²) in [5, 5.41) is 3.40. The molecule has 0 aromatic carbocycles. The van der Waals surface area contributed by atoms with Gasteiger partial charge in [0.05, 0.1) is 0 Å². The third-order valence-corrected chi connectivity index (χ3v) is 3.81. The van der Waals surface area contributed by atoms with Gasteiger partial charge < -0.3 is 5.32 Å². The molecule has 0 radical (unpaired) electrons. The molecule has 1 fully saturated rings. The zero-order valence-corrected chi connectivity index (χ0v) is 12.7. The van der Waals surface area contributed by atoms with E-state index in [-0.39, 0.29) is 0 Å². The van der Waals surface area contributed by atoms with Crippen molar-refractivity contribution in [2.24, 2.45) is 0 Å². The molecule has 1 N–H and O–H groups in total. The maximum Gasteiger partial charge on any atom is 0.130 e. The molecule has 0 amide bonds. The first kappa shape index (κ1) is 13.7. The molecule has 1 unspecified atom stereocenters. The van der Waals surface area contributed by atoms with Crippen molar-refractivity contribution in [3.05, 3.63) is 16.5 Å². The van der Waals surface area contributed by atoms with Gasteiger partial charge in [-0.2, -0.15) is 0 Å². The van der Waals surface area contributed by atoms with E-state index in [1.165, 1.54) is 32.4 Å². The Morgan fingerprint density at radius 3 is 2.72 bits per heavy atom. The highest BCUT2D eigenvalue weighted by atomic mass is 79.9. The molecule has 2 rings (SSSR count). The Kier molecular flexibility index (Phi) is 4.95. The fourth-order valence-electron chi connectivity index (χ4n) is 2.36. The van der Waals surface area contributed by atoms with E-state index in [0.29, 0.717) is 6.04 Å². The number of likely N-dealkylation sites (tertiary alicyclic amines) is 1. The van der Waals surface area contributed by atoms with Crippen LogP contribution in [0.4, 0.5) is 5.82 Å². The van der Waals surface area contributed by atoms with Gasteiger partial charge in [0.25, 0.3) is 0 Å². The number of hydrogen-bond donors (Lipinski definition) is 1. The van der Waals surface area contributed by atoms with Crippen molar-refractivity contribution in [2.75, 3.05) is 25.0 Å². The molecule has 1 aliphatic heterocycles. The summed E-state index contributed by atoms with van der Waals surface area (Å²) in [5.74, 6) is 1.69. The van der Waals surface area contributed by atoms with Crippen LogP contribution in [0.1, 0.15) is 32.0 Å². The van der Waals surface area contributed by atoms with Crippen LogP contribution >= 0.6 is 15.9 Å². The lowest BCUT2D eigenvalue weighted by Crippen LogP contribution is -2.41. The molecule has 2 heterocycles. The zero-order valence-electron chi connectivity index (χ0n) is 11.1. The van der Waals surface area contributed by atoms with Crippen LogP contribution < -0.4 is 5.32 Å². The molecule has 1 saturated heterocycles. The summed E-state index contributed by atoms with van der Waals surface area (Å²) in [6.45, 7) is 7.58. The number of piperidine rings is 1. The largest absolute Gasteiger partial charge is 0.368 e. The summed E-state index contributed by atoms with van der Waals surface area (Å²) < 4.78 is 0.836. The molecule has 0 spiro atoms. The van der Waals surface area contributed by atoms with Crippen LogP contribution in [0.2, 0.25) is 0 Å². The third-order valence-electron chi connectivity index (χ3n) is 3.40. The third kappa shape index (κ3) is 3.92. The number of anilines is 1. The molecule has 5 heteroatoms. The van der Waals surface area contributed by atoms with E-state index in [2.05, 4.69) is 43.0 Å². The average Bonchev–Trinajstić information content (AvgIpc) is 2.36. The summed E-state index contributed by atoms with van der Waals surface area (Å²) in [5.41, 5.74) is 0. The van der Waals surface area contributed by atoms with Crippen molar-refractivity contribution >= 4 is 21.7 Å². The number of nitrogens with one attached hydrogen (secondary N) is 1. The Hall–Kier alpha value is -0.680. The zero-order chi connectivity index (χ0) is 13.0. The standard InChI is InChI=1S/C13H21BrN4/c1-10(18-6-4-3-5-7-18)9-15-13-8-12(14)16-11(2)17-13/h8,10H,3-7,9H2,1-2H3,(H,15,16,17). The quantitative estimate of drug-likeness (QED) is 0.868. The second kappa shape index (κ2) is 6.48. The number of aromatic nitrogens is 2. The smallest absolute Gasteiger partial charge is 0.130 e. The molecular weight excluding hydrogens is 292 g/mol. The van der Waals surface area contributed by atoms with Gasteiger partial charge in [-0.15, -0.1) is 0 Å². The number of hydrogen-bond acceptors (Lipinski definition) is 4. The van der Waals surface area contributed by atoms with E-state index in [1.807, 2.05) is 13.0 Å². The first-order chi connectivity index (χ1) is 8.65. The van der Waals surface area contributed by atoms with E-state index in [0.717, 1.165) is 22.8 Å². The molecule has 4 nitrogen and oxygen atoms in total. The Labute approximate surface area is 117 Å². The summed E-state index contributed by atoms with van der Waals surface area (Å²) in [4.78, 5) is 11.1. The van der Waals surface area contributed by atoms with E-state index < -0.39 is 0 Å². The van der Waals surface area contributed by atoms with Gasteiger partial charge in [-0.1, -0.05) is 6.42 Å². The van der Waals surface area contributed by atoms with Crippen molar-refractivity contribution < 1.29 is 0 Å². The lowest BCUT2D eigenvalue weighted by Gasteiger charge is -2.32. The molecule has 0 bridgehead atoms. The molecule has 1 atom stereocenters. The lowest BCUT2D eigenvalue weighted by atomic mass is 10.1. The van der Waals surface area contributed by atoms with Gasteiger partial charge in [0.2, 0.25) is 0 Å². The van der Waals surface area contributed by atoms with Gasteiger partial charge in [-0.25, -0.2) is 9.97 Å². The van der Waals surface area contributed by atoms with Crippen LogP contribution in [0.25, 0.3) is 0 Å². The Balaban J connectivity index is 1.86. The van der Waals surface area contributed by atoms with Crippen molar-refractivity contribution in [2.45, 2.75) is 39.2 Å². The van der Waals surface area contributed by atoms with E-state index in [4.69, 9.17) is 0 Å². The van der Waals surface area contributed by atoms with Crippen molar-refractivity contribution in [3.8, 4) is 0 Å². The van der Waals surface area contributed by atoms with Crippen LogP contribution in [0.5, 0.6) is 0 Å². The molecule has 1 aromatic heterocycles. The average molecular weight is 313 g/mol. The van der Waals surface area contributed by atoms with Gasteiger partial charge in [-0.3, -0.25) is 4.90 Å². The van der Waals surface area contributed by atoms with Crippen molar-refractivity contribution in [1.29, 1.82) is 0 Å². The van der Waals surface area contributed by atoms with Crippen LogP contribution in [-0.4, -0.2) is 40.5 Å². The molecular formula is C13H21BrN4. The van der Waals surface area contributed by atoms with Crippen molar-refractivity contribution in [1.82, 2.24) is 14.9 Å². The predicted octanol–water partition coefficient (Wildman–Crippen LogP) is 2.83. The monoisotopic (exact) mass is 312 g/mol. The number of halogens is 1. The first-order valence-electron chi connectivity index (χ1n) is 6.64. The Bertz CT molecular complexity index is 370. The fourth-order valence-corrected chi connectivity index (χ4v) is 2.84. The van der Waals surface area contributed by atoms with Crippen LogP contribution in [-0.2, 0) is 0 Å². The second-order valence-electron chi connectivity index (χ2n) is 4.95. The number of rotatable bonds is 4. The van der Waals surface area contributed by atoms with Gasteiger partial charge in [-0.05, 0) is 55.7 Å². The van der Waals surface area contributed by atoms with Gasteiger partial charge in [0, 0.05) is 18.7 Å². The summed E-state index contributed by atoms with van der Waals surface area (Å²) in [7, 11) is 0. The summed E-state index contributed by atoms with van der Waals surface area (Å²) >= 11 is 3.40. The first-order valence-corrected chi connectivity index (χ1v) is 7.43. The minimum atomic E-state index is 0.555. The normalized spacial score (nSPS) is 18.6. The highest BCUT2D eigenvalue weighted by Gasteiger charge is 2.16. The van der Waals surface area contributed by atoms with Gasteiger partial charge >= 0.3 is 0 Å². The Morgan fingerprint density at radius 2 is 2.06 bits per heavy atom. The number of nitrogens with zero attached hydrogens (tertiary/aromatic N) is 3. The van der Waals surface area contributed by atoms with E-state index in [1.54, 1.807) is 0 Å². The van der Waals surface area contributed by atoms with Crippen LogP contribution in [0.15, 0.2) is 10.7 Å². The molecule has 0 saturated carbocycles. The van der Waals surface area contributed by atoms with E-state index >= 15 is 0 Å². The fraction of sp³-hybridized carbons (Fsp3) is 0.692. The SMILES string of the molecule is Cc1nc(Br)cc(NCC(C)N2CCCCC2)n1. The minimum Gasteiger partial charge on any atom is -0.368 e. The topological polar surface area (TPSA) is 41.1 Å². The summed E-state index contributed by atoms with van der Waals surface area (Å²) in [6.07, 6.45) is 4.06. The predicted molar refractivity (Wildman–Crippen MR) is 77.8 cm³/mol. The highest BCUT2D eigenvalue weighted by Crippen LogP contribution is 2.14. The molecule has 0 aliphatic carbocycles. The maximum absolute atomic E-state index is 4.38. The number of aryl methyl sites for hydroxylation is 1. The van der Waals surface area contributed by atoms with Crippen LogP contribution in [0, 0.1) is 6.92 Å². The Morgan fingerprint density at radius 1 is 1.33 bits per heavy atom. The van der Waals surface area contributed by atoms with Crippen LogP contribution in [0.3, 0.4) is 0 Å². The van der Waals surface area contributed by atoms with Gasteiger partial charge in [0.15, 0.2) is 0 Å². The highest BCUT2D eigenvalue weighted by molar-refractivity contribution is 9.10. The molecule has 100 valence electrons. The molecule has 18 heavy (non-hydrogen) atoms. The van der Waals surface area contributed by atoms with Gasteiger partial charge in [0.1, 0.15) is 16.2 Å². The molecule has 1 aliphatic rings. The van der Waals surface area contributed by atoms with Crippen molar-refractivity contribution in [3.63, 3.8) is 0 Å². The molecule has 1 aromatic rings. The van der Waals surface area contributed by atoms with E-state index in [9.17, 15) is 0 Å². The second-order valence-corrected chi connectivity index (χ2v) is 5.76.